The number of nitrogens with zero attached hydrogens (tertiary/aromatic N) is 2. The Bertz CT molecular complexity index is 675. The van der Waals surface area contributed by atoms with Crippen LogP contribution in [0.4, 0.5) is 4.39 Å². The molecule has 1 aromatic carbocycles. The summed E-state index contributed by atoms with van der Waals surface area (Å²) in [6, 6.07) is 7.90. The number of amides is 1. The van der Waals surface area contributed by atoms with Crippen LogP contribution in [0.3, 0.4) is 0 Å². The quantitative estimate of drug-likeness (QED) is 0.812. The fourth-order valence-corrected chi connectivity index (χ4v) is 2.59. The summed E-state index contributed by atoms with van der Waals surface area (Å²) in [7, 11) is 0. The number of hydrogen-bond donors (Lipinski definition) is 0. The predicted molar refractivity (Wildman–Crippen MR) is 84.9 cm³/mol. The molecule has 4 nitrogen and oxygen atoms in total. The van der Waals surface area contributed by atoms with E-state index >= 15 is 0 Å². The van der Waals surface area contributed by atoms with Crippen molar-refractivity contribution in [3.63, 3.8) is 0 Å². The summed E-state index contributed by atoms with van der Waals surface area (Å²) in [4.78, 5) is 14.3. The van der Waals surface area contributed by atoms with Crippen molar-refractivity contribution in [2.75, 3.05) is 6.54 Å². The molecule has 0 aliphatic heterocycles. The van der Waals surface area contributed by atoms with Crippen LogP contribution in [0.15, 0.2) is 34.9 Å². The fourth-order valence-electron chi connectivity index (χ4n) is 2.59. The van der Waals surface area contributed by atoms with Crippen LogP contribution in [0.1, 0.15) is 32.4 Å². The maximum atomic E-state index is 13.0. The average Bonchev–Trinajstić information content (AvgIpc) is 3.26. The molecular weight excluding hydrogens is 295 g/mol. The average molecular weight is 316 g/mol. The zero-order valence-electron chi connectivity index (χ0n) is 13.5. The van der Waals surface area contributed by atoms with E-state index in [9.17, 15) is 9.18 Å². The van der Waals surface area contributed by atoms with E-state index in [0.717, 1.165) is 24.1 Å². The molecule has 122 valence electrons. The number of halogens is 1. The van der Waals surface area contributed by atoms with Gasteiger partial charge in [-0.05, 0) is 43.0 Å². The molecule has 1 amide bonds. The summed E-state index contributed by atoms with van der Waals surface area (Å²) in [5, 5.41) is 4.06. The summed E-state index contributed by atoms with van der Waals surface area (Å²) < 4.78 is 18.3. The summed E-state index contributed by atoms with van der Waals surface area (Å²) >= 11 is 0. The molecule has 0 radical (unpaired) electrons. The zero-order valence-corrected chi connectivity index (χ0v) is 13.5. The number of carbonyl (C=O) groups excluding carboxylic acids is 1. The van der Waals surface area contributed by atoms with Crippen molar-refractivity contribution >= 4 is 5.91 Å². The molecule has 1 aromatic heterocycles. The fraction of sp³-hybridized carbons (Fsp3) is 0.444. The lowest BCUT2D eigenvalue weighted by Crippen LogP contribution is -2.34. The van der Waals surface area contributed by atoms with E-state index in [1.807, 2.05) is 11.0 Å². The van der Waals surface area contributed by atoms with Gasteiger partial charge in [0.1, 0.15) is 11.5 Å². The highest BCUT2D eigenvalue weighted by Gasteiger charge is 2.33. The van der Waals surface area contributed by atoms with Crippen molar-refractivity contribution in [2.24, 2.45) is 11.8 Å². The Hall–Kier alpha value is -2.17. The van der Waals surface area contributed by atoms with Crippen LogP contribution in [-0.4, -0.2) is 22.5 Å². The third-order valence-electron chi connectivity index (χ3n) is 3.86. The lowest BCUT2D eigenvalue weighted by molar-refractivity contribution is -0.133. The third kappa shape index (κ3) is 3.97. The van der Waals surface area contributed by atoms with Gasteiger partial charge in [0.05, 0.1) is 6.54 Å². The topological polar surface area (TPSA) is 46.3 Å². The highest BCUT2D eigenvalue weighted by Crippen LogP contribution is 2.32. The molecule has 0 saturated heterocycles. The first kappa shape index (κ1) is 15.7. The second-order valence-corrected chi connectivity index (χ2v) is 6.58. The van der Waals surface area contributed by atoms with Crippen molar-refractivity contribution in [1.29, 1.82) is 0 Å². The first-order chi connectivity index (χ1) is 11.0. The van der Waals surface area contributed by atoms with Crippen LogP contribution in [-0.2, 0) is 11.3 Å². The number of carbonyl (C=O) groups is 1. The van der Waals surface area contributed by atoms with E-state index in [4.69, 9.17) is 4.52 Å². The minimum atomic E-state index is -0.286. The smallest absolute Gasteiger partial charge is 0.226 e. The predicted octanol–water partition coefficient (Wildman–Crippen LogP) is 3.88. The molecule has 0 unspecified atom stereocenters. The molecule has 0 bridgehead atoms. The Morgan fingerprint density at radius 1 is 1.35 bits per heavy atom. The van der Waals surface area contributed by atoms with Crippen molar-refractivity contribution in [2.45, 2.75) is 33.2 Å². The van der Waals surface area contributed by atoms with E-state index in [-0.39, 0.29) is 17.6 Å². The molecule has 1 aliphatic carbocycles. The maximum absolute atomic E-state index is 13.0. The van der Waals surface area contributed by atoms with Crippen LogP contribution in [0.5, 0.6) is 0 Å². The van der Waals surface area contributed by atoms with Crippen LogP contribution in [0.2, 0.25) is 0 Å². The number of aromatic nitrogens is 1. The zero-order chi connectivity index (χ0) is 16.4. The summed E-state index contributed by atoms with van der Waals surface area (Å²) in [5.74, 6) is 1.11. The second-order valence-electron chi connectivity index (χ2n) is 6.58. The van der Waals surface area contributed by atoms with Gasteiger partial charge in [0.25, 0.3) is 0 Å². The Morgan fingerprint density at radius 3 is 2.65 bits per heavy atom. The molecule has 5 heteroatoms. The Labute approximate surface area is 135 Å². The molecule has 1 heterocycles. The molecule has 1 saturated carbocycles. The monoisotopic (exact) mass is 316 g/mol. The van der Waals surface area contributed by atoms with Crippen LogP contribution < -0.4 is 0 Å². The first-order valence-corrected chi connectivity index (χ1v) is 8.03. The largest absolute Gasteiger partial charge is 0.356 e. The van der Waals surface area contributed by atoms with Gasteiger partial charge in [0.15, 0.2) is 5.76 Å². The molecule has 23 heavy (non-hydrogen) atoms. The van der Waals surface area contributed by atoms with Gasteiger partial charge >= 0.3 is 0 Å². The highest BCUT2D eigenvalue weighted by atomic mass is 19.1. The van der Waals surface area contributed by atoms with Gasteiger partial charge in [-0.2, -0.15) is 0 Å². The Balaban J connectivity index is 1.73. The van der Waals surface area contributed by atoms with Gasteiger partial charge in [0.2, 0.25) is 5.91 Å². The van der Waals surface area contributed by atoms with Gasteiger partial charge in [-0.1, -0.05) is 19.0 Å². The molecule has 3 rings (SSSR count). The van der Waals surface area contributed by atoms with Crippen LogP contribution in [0.25, 0.3) is 11.3 Å². The van der Waals surface area contributed by atoms with Crippen LogP contribution >= 0.6 is 0 Å². The summed E-state index contributed by atoms with van der Waals surface area (Å²) in [5.41, 5.74) is 1.49. The lowest BCUT2D eigenvalue weighted by atomic mass is 10.1. The molecule has 1 aliphatic rings. The molecular formula is C18H21FN2O2. The van der Waals surface area contributed by atoms with Gasteiger partial charge in [-0.25, -0.2) is 4.39 Å². The van der Waals surface area contributed by atoms with Gasteiger partial charge in [-0.3, -0.25) is 4.79 Å². The van der Waals surface area contributed by atoms with E-state index in [1.165, 1.54) is 12.1 Å². The SMILES string of the molecule is CC(C)CN(Cc1cc(-c2ccc(F)cc2)on1)C(=O)C1CC1. The number of hydrogen-bond acceptors (Lipinski definition) is 3. The first-order valence-electron chi connectivity index (χ1n) is 8.03. The normalized spacial score (nSPS) is 14.3. The van der Waals surface area contributed by atoms with E-state index in [0.29, 0.717) is 24.8 Å². The van der Waals surface area contributed by atoms with E-state index in [1.54, 1.807) is 12.1 Å². The molecule has 1 fully saturated rings. The van der Waals surface area contributed by atoms with Gasteiger partial charge in [-0.15, -0.1) is 0 Å². The van der Waals surface area contributed by atoms with Crippen molar-refractivity contribution < 1.29 is 13.7 Å². The summed E-state index contributed by atoms with van der Waals surface area (Å²) in [6.45, 7) is 5.37. The van der Waals surface area contributed by atoms with Gasteiger partial charge < -0.3 is 9.42 Å². The van der Waals surface area contributed by atoms with Gasteiger partial charge in [0, 0.05) is 24.1 Å². The summed E-state index contributed by atoms with van der Waals surface area (Å²) in [6.07, 6.45) is 1.99. The molecule has 2 aromatic rings. The highest BCUT2D eigenvalue weighted by molar-refractivity contribution is 5.81. The lowest BCUT2D eigenvalue weighted by Gasteiger charge is -2.23. The van der Waals surface area contributed by atoms with Crippen molar-refractivity contribution in [1.82, 2.24) is 10.1 Å². The van der Waals surface area contributed by atoms with E-state index < -0.39 is 0 Å². The molecule has 0 spiro atoms. The molecule has 0 N–H and O–H groups in total. The van der Waals surface area contributed by atoms with Crippen molar-refractivity contribution in [3.05, 3.63) is 41.8 Å². The minimum Gasteiger partial charge on any atom is -0.356 e. The Kier molecular flexibility index (Phi) is 4.46. The van der Waals surface area contributed by atoms with Crippen LogP contribution in [0, 0.1) is 17.7 Å². The Morgan fingerprint density at radius 2 is 2.04 bits per heavy atom. The minimum absolute atomic E-state index is 0.192. The third-order valence-corrected chi connectivity index (χ3v) is 3.86. The van der Waals surface area contributed by atoms with Crippen molar-refractivity contribution in [3.8, 4) is 11.3 Å². The molecule has 0 atom stereocenters. The second kappa shape index (κ2) is 6.52. The number of benzene rings is 1. The maximum Gasteiger partial charge on any atom is 0.226 e. The van der Waals surface area contributed by atoms with E-state index in [2.05, 4.69) is 19.0 Å². The number of rotatable bonds is 6. The standard InChI is InChI=1S/C18H21FN2O2/c1-12(2)10-21(18(22)14-3-4-14)11-16-9-17(23-20-16)13-5-7-15(19)8-6-13/h5-9,12,14H,3-4,10-11H2,1-2H3.